The smallest absolute Gasteiger partial charge is 0.251 e. The lowest BCUT2D eigenvalue weighted by Gasteiger charge is -2.15. The van der Waals surface area contributed by atoms with Gasteiger partial charge in [0.05, 0.1) is 17.4 Å². The average molecular weight is 401 g/mol. The SMILES string of the molecule is C#Cc1cccc(-c2cc(=O)n(C)c3cnc(C(O)c4ccc(Cl)cc4)cc23)c1. The zero-order valence-electron chi connectivity index (χ0n) is 15.6. The van der Waals surface area contributed by atoms with Crippen molar-refractivity contribution in [3.8, 4) is 23.5 Å². The van der Waals surface area contributed by atoms with Crippen molar-refractivity contribution in [1.29, 1.82) is 0 Å². The van der Waals surface area contributed by atoms with Gasteiger partial charge in [-0.1, -0.05) is 41.8 Å². The second-order valence-electron chi connectivity index (χ2n) is 6.76. The van der Waals surface area contributed by atoms with E-state index in [9.17, 15) is 9.90 Å². The van der Waals surface area contributed by atoms with Crippen LogP contribution in [0.25, 0.3) is 22.0 Å². The molecule has 2 aromatic heterocycles. The van der Waals surface area contributed by atoms with Crippen LogP contribution in [-0.2, 0) is 7.05 Å². The Bertz CT molecular complexity index is 1320. The van der Waals surface area contributed by atoms with Crippen LogP contribution in [-0.4, -0.2) is 14.7 Å². The lowest BCUT2D eigenvalue weighted by Crippen LogP contribution is -2.17. The third kappa shape index (κ3) is 3.54. The number of aromatic nitrogens is 2. The number of hydrogen-bond donors (Lipinski definition) is 1. The first kappa shape index (κ1) is 18.9. The molecule has 1 N–H and O–H groups in total. The number of pyridine rings is 2. The molecule has 4 nitrogen and oxygen atoms in total. The highest BCUT2D eigenvalue weighted by Gasteiger charge is 2.16. The van der Waals surface area contributed by atoms with Crippen LogP contribution in [0.4, 0.5) is 0 Å². The molecule has 4 aromatic rings. The molecule has 0 bridgehead atoms. The van der Waals surface area contributed by atoms with Crippen molar-refractivity contribution in [2.75, 3.05) is 0 Å². The van der Waals surface area contributed by atoms with Gasteiger partial charge in [-0.05, 0) is 47.0 Å². The molecule has 4 rings (SSSR count). The van der Waals surface area contributed by atoms with Gasteiger partial charge in [0.25, 0.3) is 5.56 Å². The minimum Gasteiger partial charge on any atom is -0.382 e. The van der Waals surface area contributed by atoms with E-state index in [1.165, 1.54) is 4.57 Å². The number of terminal acetylenes is 1. The number of nitrogens with zero attached hydrogens (tertiary/aromatic N) is 2. The monoisotopic (exact) mass is 400 g/mol. The maximum atomic E-state index is 12.5. The summed E-state index contributed by atoms with van der Waals surface area (Å²) in [5.41, 5.74) is 3.99. The lowest BCUT2D eigenvalue weighted by molar-refractivity contribution is 0.215. The van der Waals surface area contributed by atoms with E-state index in [4.69, 9.17) is 18.0 Å². The van der Waals surface area contributed by atoms with Gasteiger partial charge >= 0.3 is 0 Å². The average Bonchev–Trinajstić information content (AvgIpc) is 2.76. The molecule has 0 amide bonds. The molecule has 0 aliphatic heterocycles. The number of benzene rings is 2. The largest absolute Gasteiger partial charge is 0.382 e. The first-order valence-corrected chi connectivity index (χ1v) is 9.36. The van der Waals surface area contributed by atoms with Crippen LogP contribution in [0.5, 0.6) is 0 Å². The Balaban J connectivity index is 1.93. The first-order chi connectivity index (χ1) is 14.0. The van der Waals surface area contributed by atoms with Crippen LogP contribution in [0.15, 0.2) is 71.7 Å². The van der Waals surface area contributed by atoms with Gasteiger partial charge in [0.2, 0.25) is 0 Å². The number of aliphatic hydroxyl groups excluding tert-OH is 1. The van der Waals surface area contributed by atoms with Crippen molar-refractivity contribution in [2.45, 2.75) is 6.10 Å². The van der Waals surface area contributed by atoms with Crippen molar-refractivity contribution in [3.05, 3.63) is 99.1 Å². The minimum atomic E-state index is -0.918. The Morgan fingerprint density at radius 1 is 1.14 bits per heavy atom. The first-order valence-electron chi connectivity index (χ1n) is 8.98. The molecule has 142 valence electrons. The molecular formula is C24H17ClN2O2. The maximum absolute atomic E-state index is 12.5. The zero-order chi connectivity index (χ0) is 20.5. The van der Waals surface area contributed by atoms with E-state index in [0.717, 1.165) is 22.1 Å². The fourth-order valence-corrected chi connectivity index (χ4v) is 3.47. The van der Waals surface area contributed by atoms with E-state index in [0.29, 0.717) is 21.8 Å². The minimum absolute atomic E-state index is 0.147. The Kier molecular flexibility index (Phi) is 4.94. The van der Waals surface area contributed by atoms with Gasteiger partial charge in [0.15, 0.2) is 0 Å². The van der Waals surface area contributed by atoms with Gasteiger partial charge < -0.3 is 9.67 Å². The summed E-state index contributed by atoms with van der Waals surface area (Å²) in [4.78, 5) is 16.9. The molecule has 1 unspecified atom stereocenters. The van der Waals surface area contributed by atoms with Crippen LogP contribution in [0.2, 0.25) is 5.02 Å². The molecule has 0 spiro atoms. The quantitative estimate of drug-likeness (QED) is 0.521. The van der Waals surface area contributed by atoms with Gasteiger partial charge in [-0.15, -0.1) is 6.42 Å². The van der Waals surface area contributed by atoms with Crippen molar-refractivity contribution in [1.82, 2.24) is 9.55 Å². The zero-order valence-corrected chi connectivity index (χ0v) is 16.4. The highest BCUT2D eigenvalue weighted by Crippen LogP contribution is 2.30. The molecule has 0 fully saturated rings. The number of hydrogen-bond acceptors (Lipinski definition) is 3. The van der Waals surface area contributed by atoms with Crippen LogP contribution < -0.4 is 5.56 Å². The number of fused-ring (bicyclic) bond motifs is 1. The van der Waals surface area contributed by atoms with E-state index in [2.05, 4.69) is 10.9 Å². The molecule has 29 heavy (non-hydrogen) atoms. The number of rotatable bonds is 3. The molecule has 5 heteroatoms. The van der Waals surface area contributed by atoms with E-state index in [1.807, 2.05) is 30.3 Å². The number of aliphatic hydroxyl groups is 1. The third-order valence-electron chi connectivity index (χ3n) is 4.96. The number of aryl methyl sites for hydroxylation is 1. The predicted octanol–water partition coefficient (Wildman–Crippen LogP) is 4.32. The Morgan fingerprint density at radius 2 is 1.90 bits per heavy atom. The molecule has 0 aliphatic rings. The van der Waals surface area contributed by atoms with Crippen molar-refractivity contribution in [2.24, 2.45) is 7.05 Å². The number of halogens is 1. The van der Waals surface area contributed by atoms with Crippen molar-refractivity contribution >= 4 is 22.5 Å². The molecule has 0 saturated heterocycles. The molecular weight excluding hydrogens is 384 g/mol. The Morgan fingerprint density at radius 3 is 2.62 bits per heavy atom. The van der Waals surface area contributed by atoms with Gasteiger partial charge in [0, 0.05) is 29.1 Å². The van der Waals surface area contributed by atoms with Gasteiger partial charge in [-0.3, -0.25) is 9.78 Å². The third-order valence-corrected chi connectivity index (χ3v) is 5.21. The van der Waals surface area contributed by atoms with E-state index in [1.54, 1.807) is 43.6 Å². The van der Waals surface area contributed by atoms with E-state index < -0.39 is 6.10 Å². The predicted molar refractivity (Wildman–Crippen MR) is 116 cm³/mol. The molecule has 0 aliphatic carbocycles. The lowest BCUT2D eigenvalue weighted by atomic mass is 9.98. The summed E-state index contributed by atoms with van der Waals surface area (Å²) in [5.74, 6) is 2.62. The maximum Gasteiger partial charge on any atom is 0.251 e. The molecule has 2 heterocycles. The summed E-state index contributed by atoms with van der Waals surface area (Å²) >= 11 is 5.94. The van der Waals surface area contributed by atoms with Gasteiger partial charge in [0.1, 0.15) is 6.10 Å². The van der Waals surface area contributed by atoms with Crippen molar-refractivity contribution in [3.63, 3.8) is 0 Å². The Hall–Kier alpha value is -3.39. The highest BCUT2D eigenvalue weighted by atomic mass is 35.5. The van der Waals surface area contributed by atoms with Crippen LogP contribution in [0, 0.1) is 12.3 Å². The summed E-state index contributed by atoms with van der Waals surface area (Å²) in [6.07, 6.45) is 6.23. The Labute approximate surface area is 173 Å². The highest BCUT2D eigenvalue weighted by molar-refractivity contribution is 6.30. The fraction of sp³-hybridized carbons (Fsp3) is 0.0833. The summed E-state index contributed by atoms with van der Waals surface area (Å²) in [7, 11) is 1.70. The summed E-state index contributed by atoms with van der Waals surface area (Å²) in [6, 6.07) is 17.8. The molecule has 0 saturated carbocycles. The van der Waals surface area contributed by atoms with Crippen molar-refractivity contribution < 1.29 is 5.11 Å². The molecule has 0 radical (unpaired) electrons. The van der Waals surface area contributed by atoms with Gasteiger partial charge in [-0.2, -0.15) is 0 Å². The molecule has 2 aromatic carbocycles. The van der Waals surface area contributed by atoms with Crippen LogP contribution in [0.1, 0.15) is 22.9 Å². The second kappa shape index (κ2) is 7.56. The summed E-state index contributed by atoms with van der Waals surface area (Å²) in [6.45, 7) is 0. The standard InChI is InChI=1S/C24H17ClN2O2/c1-3-15-5-4-6-17(11-15)19-13-23(28)27(2)22-14-26-21(12-20(19)22)24(29)16-7-9-18(25)10-8-16/h1,4-14,24,29H,2H3. The topological polar surface area (TPSA) is 55.1 Å². The van der Waals surface area contributed by atoms with Crippen LogP contribution >= 0.6 is 11.6 Å². The summed E-state index contributed by atoms with van der Waals surface area (Å²) < 4.78 is 1.54. The molecule has 1 atom stereocenters. The second-order valence-corrected chi connectivity index (χ2v) is 7.20. The normalized spacial score (nSPS) is 11.9. The fourth-order valence-electron chi connectivity index (χ4n) is 3.34. The van der Waals surface area contributed by atoms with E-state index >= 15 is 0 Å². The van der Waals surface area contributed by atoms with Crippen LogP contribution in [0.3, 0.4) is 0 Å². The van der Waals surface area contributed by atoms with Gasteiger partial charge in [-0.25, -0.2) is 0 Å². The summed E-state index contributed by atoms with van der Waals surface area (Å²) in [5, 5.41) is 12.2. The van der Waals surface area contributed by atoms with E-state index in [-0.39, 0.29) is 5.56 Å².